The predicted octanol–water partition coefficient (Wildman–Crippen LogP) is 4.16. The number of ether oxygens (including phenoxy) is 2. The molecule has 130 valence electrons. The van der Waals surface area contributed by atoms with Gasteiger partial charge in [-0.25, -0.2) is 9.50 Å². The second-order valence-electron chi connectivity index (χ2n) is 5.70. The third kappa shape index (κ3) is 2.93. The Hall–Kier alpha value is -3.54. The third-order valence-corrected chi connectivity index (χ3v) is 4.11. The monoisotopic (exact) mass is 346 g/mol. The summed E-state index contributed by atoms with van der Waals surface area (Å²) < 4.78 is 12.5. The van der Waals surface area contributed by atoms with E-state index in [-0.39, 0.29) is 0 Å². The van der Waals surface area contributed by atoms with Crippen molar-refractivity contribution in [3.05, 3.63) is 67.0 Å². The van der Waals surface area contributed by atoms with Crippen LogP contribution in [0.25, 0.3) is 16.8 Å². The van der Waals surface area contributed by atoms with E-state index in [2.05, 4.69) is 10.4 Å². The van der Waals surface area contributed by atoms with E-state index in [0.717, 1.165) is 34.0 Å². The van der Waals surface area contributed by atoms with Gasteiger partial charge in [-0.2, -0.15) is 5.10 Å². The standard InChI is InChI=1S/C20H18N4O2/c1-25-15-8-9-16(18(12-15)26-2)17-13-21-24-11-10-19(23-20(17)24)22-14-6-4-3-5-7-14/h3-13H,1-2H3,(H,22,23). The highest BCUT2D eigenvalue weighted by atomic mass is 16.5. The number of hydrogen-bond donors (Lipinski definition) is 1. The predicted molar refractivity (Wildman–Crippen MR) is 101 cm³/mol. The lowest BCUT2D eigenvalue weighted by Gasteiger charge is -2.10. The Kier molecular flexibility index (Phi) is 4.15. The molecule has 2 heterocycles. The molecule has 4 rings (SSSR count). The summed E-state index contributed by atoms with van der Waals surface area (Å²) in [6.07, 6.45) is 3.67. The van der Waals surface area contributed by atoms with Crippen LogP contribution in [-0.4, -0.2) is 28.8 Å². The van der Waals surface area contributed by atoms with Crippen molar-refractivity contribution in [1.82, 2.24) is 14.6 Å². The number of benzene rings is 2. The van der Waals surface area contributed by atoms with Crippen LogP contribution in [0.3, 0.4) is 0 Å². The number of methoxy groups -OCH3 is 2. The zero-order valence-corrected chi connectivity index (χ0v) is 14.5. The first-order valence-corrected chi connectivity index (χ1v) is 8.17. The maximum absolute atomic E-state index is 5.53. The zero-order valence-electron chi connectivity index (χ0n) is 14.5. The highest BCUT2D eigenvalue weighted by Gasteiger charge is 2.14. The number of nitrogens with one attached hydrogen (secondary N) is 1. The molecule has 0 aliphatic heterocycles. The summed E-state index contributed by atoms with van der Waals surface area (Å²) in [5.41, 5.74) is 3.52. The molecule has 0 spiro atoms. The summed E-state index contributed by atoms with van der Waals surface area (Å²) >= 11 is 0. The summed E-state index contributed by atoms with van der Waals surface area (Å²) in [5.74, 6) is 2.20. The van der Waals surface area contributed by atoms with Crippen LogP contribution in [0.4, 0.5) is 11.5 Å². The molecule has 0 bridgehead atoms. The SMILES string of the molecule is COc1ccc(-c2cnn3ccc(Nc4ccccc4)nc23)c(OC)c1. The topological polar surface area (TPSA) is 60.7 Å². The summed E-state index contributed by atoms with van der Waals surface area (Å²) in [6, 6.07) is 17.5. The van der Waals surface area contributed by atoms with Gasteiger partial charge < -0.3 is 14.8 Å². The van der Waals surface area contributed by atoms with Crippen molar-refractivity contribution >= 4 is 17.2 Å². The van der Waals surface area contributed by atoms with Gasteiger partial charge in [-0.1, -0.05) is 18.2 Å². The maximum Gasteiger partial charge on any atom is 0.165 e. The Morgan fingerprint density at radius 1 is 0.923 bits per heavy atom. The molecule has 0 aliphatic carbocycles. The lowest BCUT2D eigenvalue weighted by atomic mass is 10.1. The van der Waals surface area contributed by atoms with Crippen LogP contribution < -0.4 is 14.8 Å². The van der Waals surface area contributed by atoms with Crippen molar-refractivity contribution in [2.75, 3.05) is 19.5 Å². The van der Waals surface area contributed by atoms with E-state index in [1.165, 1.54) is 0 Å². The van der Waals surface area contributed by atoms with Crippen LogP contribution in [0.1, 0.15) is 0 Å². The van der Waals surface area contributed by atoms with Gasteiger partial charge in [0.15, 0.2) is 5.65 Å². The average Bonchev–Trinajstić information content (AvgIpc) is 3.11. The van der Waals surface area contributed by atoms with Crippen molar-refractivity contribution in [3.8, 4) is 22.6 Å². The average molecular weight is 346 g/mol. The summed E-state index contributed by atoms with van der Waals surface area (Å²) in [6.45, 7) is 0. The lowest BCUT2D eigenvalue weighted by Crippen LogP contribution is -1.97. The van der Waals surface area contributed by atoms with Crippen LogP contribution in [0, 0.1) is 0 Å². The first kappa shape index (κ1) is 16.0. The van der Waals surface area contributed by atoms with Crippen molar-refractivity contribution in [3.63, 3.8) is 0 Å². The van der Waals surface area contributed by atoms with Crippen LogP contribution in [-0.2, 0) is 0 Å². The van der Waals surface area contributed by atoms with Gasteiger partial charge in [-0.15, -0.1) is 0 Å². The number of aromatic nitrogens is 3. The highest BCUT2D eigenvalue weighted by molar-refractivity contribution is 5.82. The van der Waals surface area contributed by atoms with Gasteiger partial charge in [-0.05, 0) is 30.3 Å². The molecule has 4 aromatic rings. The van der Waals surface area contributed by atoms with Gasteiger partial charge in [-0.3, -0.25) is 0 Å². The van der Waals surface area contributed by atoms with Crippen molar-refractivity contribution < 1.29 is 9.47 Å². The number of nitrogens with zero attached hydrogens (tertiary/aromatic N) is 3. The molecule has 0 fully saturated rings. The van der Waals surface area contributed by atoms with Gasteiger partial charge in [0, 0.05) is 23.5 Å². The van der Waals surface area contributed by atoms with E-state index in [1.54, 1.807) is 24.9 Å². The van der Waals surface area contributed by atoms with Crippen LogP contribution in [0.2, 0.25) is 0 Å². The Labute approximate surface area is 151 Å². The minimum absolute atomic E-state index is 0.711. The van der Waals surface area contributed by atoms with Crippen LogP contribution in [0.5, 0.6) is 11.5 Å². The van der Waals surface area contributed by atoms with Gasteiger partial charge in [0.25, 0.3) is 0 Å². The molecule has 0 unspecified atom stereocenters. The Balaban J connectivity index is 1.78. The third-order valence-electron chi connectivity index (χ3n) is 4.11. The lowest BCUT2D eigenvalue weighted by molar-refractivity contribution is 0.395. The fourth-order valence-corrected chi connectivity index (χ4v) is 2.82. The number of rotatable bonds is 5. The van der Waals surface area contributed by atoms with Gasteiger partial charge in [0.05, 0.1) is 26.0 Å². The molecule has 0 amide bonds. The molecule has 0 saturated carbocycles. The molecular formula is C20H18N4O2. The van der Waals surface area contributed by atoms with E-state index < -0.39 is 0 Å². The molecule has 0 atom stereocenters. The van der Waals surface area contributed by atoms with Gasteiger partial charge >= 0.3 is 0 Å². The fraction of sp³-hybridized carbons (Fsp3) is 0.100. The maximum atomic E-state index is 5.53. The summed E-state index contributed by atoms with van der Waals surface area (Å²) in [5, 5.41) is 7.71. The van der Waals surface area contributed by atoms with E-state index in [4.69, 9.17) is 14.5 Å². The Morgan fingerprint density at radius 3 is 2.54 bits per heavy atom. The molecule has 0 radical (unpaired) electrons. The minimum atomic E-state index is 0.711. The van der Waals surface area contributed by atoms with E-state index in [1.807, 2.05) is 60.8 Å². The zero-order chi connectivity index (χ0) is 17.9. The first-order chi connectivity index (χ1) is 12.8. The van der Waals surface area contributed by atoms with Crippen molar-refractivity contribution in [2.45, 2.75) is 0 Å². The number of fused-ring (bicyclic) bond motifs is 1. The summed E-state index contributed by atoms with van der Waals surface area (Å²) in [4.78, 5) is 4.73. The first-order valence-electron chi connectivity index (χ1n) is 8.17. The second-order valence-corrected chi connectivity index (χ2v) is 5.70. The fourth-order valence-electron chi connectivity index (χ4n) is 2.82. The van der Waals surface area contributed by atoms with Crippen LogP contribution in [0.15, 0.2) is 67.0 Å². The Bertz CT molecular complexity index is 1040. The van der Waals surface area contributed by atoms with Crippen LogP contribution >= 0.6 is 0 Å². The smallest absolute Gasteiger partial charge is 0.165 e. The largest absolute Gasteiger partial charge is 0.497 e. The molecule has 6 nitrogen and oxygen atoms in total. The number of hydrogen-bond acceptors (Lipinski definition) is 5. The number of anilines is 2. The molecule has 0 saturated heterocycles. The molecule has 1 N–H and O–H groups in total. The van der Waals surface area contributed by atoms with Crippen molar-refractivity contribution in [1.29, 1.82) is 0 Å². The van der Waals surface area contributed by atoms with Crippen molar-refractivity contribution in [2.24, 2.45) is 0 Å². The normalized spacial score (nSPS) is 10.7. The minimum Gasteiger partial charge on any atom is -0.497 e. The quantitative estimate of drug-likeness (QED) is 0.588. The van der Waals surface area contributed by atoms with E-state index >= 15 is 0 Å². The van der Waals surface area contributed by atoms with E-state index in [9.17, 15) is 0 Å². The Morgan fingerprint density at radius 2 is 1.77 bits per heavy atom. The highest BCUT2D eigenvalue weighted by Crippen LogP contribution is 2.35. The summed E-state index contributed by atoms with van der Waals surface area (Å²) in [7, 11) is 3.27. The number of para-hydroxylation sites is 1. The molecule has 2 aromatic carbocycles. The van der Waals surface area contributed by atoms with E-state index in [0.29, 0.717) is 5.75 Å². The molecule has 26 heavy (non-hydrogen) atoms. The molecule has 6 heteroatoms. The molecule has 2 aromatic heterocycles. The second kappa shape index (κ2) is 6.76. The van der Waals surface area contributed by atoms with Gasteiger partial charge in [0.1, 0.15) is 17.3 Å². The van der Waals surface area contributed by atoms with Gasteiger partial charge in [0.2, 0.25) is 0 Å². The molecule has 0 aliphatic rings. The molecular weight excluding hydrogens is 328 g/mol.